The SMILES string of the molecule is Cc1ccsc1C(=O)N1CCCCCC1CN1CCOCC1. The van der Waals surface area contributed by atoms with Gasteiger partial charge in [-0.25, -0.2) is 0 Å². The Morgan fingerprint density at radius 2 is 2.09 bits per heavy atom. The molecule has 2 aliphatic heterocycles. The molecular weight excluding hydrogens is 296 g/mol. The molecule has 122 valence electrons. The van der Waals surface area contributed by atoms with E-state index >= 15 is 0 Å². The zero-order chi connectivity index (χ0) is 15.4. The second-order valence-corrected chi connectivity index (χ2v) is 7.26. The minimum Gasteiger partial charge on any atom is -0.379 e. The van der Waals surface area contributed by atoms with Crippen LogP contribution < -0.4 is 0 Å². The van der Waals surface area contributed by atoms with Gasteiger partial charge in [-0.2, -0.15) is 0 Å². The van der Waals surface area contributed by atoms with Crippen molar-refractivity contribution in [1.29, 1.82) is 0 Å². The number of nitrogens with zero attached hydrogens (tertiary/aromatic N) is 2. The average molecular weight is 322 g/mol. The molecule has 0 bridgehead atoms. The third-order valence-corrected chi connectivity index (χ3v) is 5.77. The zero-order valence-corrected chi connectivity index (χ0v) is 14.2. The van der Waals surface area contributed by atoms with Gasteiger partial charge in [0, 0.05) is 32.2 Å². The molecule has 3 heterocycles. The van der Waals surface area contributed by atoms with Crippen LogP contribution in [0.1, 0.15) is 40.9 Å². The maximum absolute atomic E-state index is 13.0. The summed E-state index contributed by atoms with van der Waals surface area (Å²) in [7, 11) is 0. The predicted octanol–water partition coefficient (Wildman–Crippen LogP) is 2.77. The van der Waals surface area contributed by atoms with Gasteiger partial charge in [0.1, 0.15) is 0 Å². The smallest absolute Gasteiger partial charge is 0.264 e. The summed E-state index contributed by atoms with van der Waals surface area (Å²) in [5.41, 5.74) is 1.12. The molecule has 1 unspecified atom stereocenters. The highest BCUT2D eigenvalue weighted by atomic mass is 32.1. The van der Waals surface area contributed by atoms with Crippen LogP contribution in [0.4, 0.5) is 0 Å². The highest BCUT2D eigenvalue weighted by Crippen LogP contribution is 2.24. The Kier molecular flexibility index (Phi) is 5.50. The lowest BCUT2D eigenvalue weighted by molar-refractivity contribution is 0.0219. The normalized spacial score (nSPS) is 24.2. The van der Waals surface area contributed by atoms with Gasteiger partial charge in [0.25, 0.3) is 5.91 Å². The van der Waals surface area contributed by atoms with Gasteiger partial charge >= 0.3 is 0 Å². The quantitative estimate of drug-likeness (QED) is 0.858. The summed E-state index contributed by atoms with van der Waals surface area (Å²) in [5.74, 6) is 0.243. The molecule has 0 aromatic carbocycles. The Bertz CT molecular complexity index is 497. The Morgan fingerprint density at radius 1 is 1.27 bits per heavy atom. The van der Waals surface area contributed by atoms with Crippen LogP contribution in [-0.2, 0) is 4.74 Å². The van der Waals surface area contributed by atoms with Crippen molar-refractivity contribution in [3.05, 3.63) is 21.9 Å². The van der Waals surface area contributed by atoms with Crippen molar-refractivity contribution in [3.63, 3.8) is 0 Å². The second-order valence-electron chi connectivity index (χ2n) is 6.35. The molecule has 1 aromatic rings. The van der Waals surface area contributed by atoms with E-state index in [1.54, 1.807) is 11.3 Å². The topological polar surface area (TPSA) is 32.8 Å². The van der Waals surface area contributed by atoms with Crippen LogP contribution in [0, 0.1) is 6.92 Å². The summed E-state index contributed by atoms with van der Waals surface area (Å²) in [4.78, 5) is 18.5. The summed E-state index contributed by atoms with van der Waals surface area (Å²) in [6.45, 7) is 7.59. The predicted molar refractivity (Wildman–Crippen MR) is 89.6 cm³/mol. The number of hydrogen-bond donors (Lipinski definition) is 0. The van der Waals surface area contributed by atoms with E-state index in [4.69, 9.17) is 4.74 Å². The number of rotatable bonds is 3. The number of hydrogen-bond acceptors (Lipinski definition) is 4. The molecule has 0 saturated carbocycles. The van der Waals surface area contributed by atoms with Gasteiger partial charge in [0.05, 0.1) is 18.1 Å². The monoisotopic (exact) mass is 322 g/mol. The first-order valence-corrected chi connectivity index (χ1v) is 9.29. The number of amides is 1. The van der Waals surface area contributed by atoms with E-state index in [-0.39, 0.29) is 5.91 Å². The maximum Gasteiger partial charge on any atom is 0.264 e. The number of aryl methyl sites for hydroxylation is 1. The van der Waals surface area contributed by atoms with E-state index in [1.165, 1.54) is 12.8 Å². The van der Waals surface area contributed by atoms with Crippen LogP contribution in [0.15, 0.2) is 11.4 Å². The van der Waals surface area contributed by atoms with Crippen LogP contribution in [0.25, 0.3) is 0 Å². The van der Waals surface area contributed by atoms with Crippen LogP contribution in [-0.4, -0.2) is 61.1 Å². The summed E-state index contributed by atoms with van der Waals surface area (Å²) < 4.78 is 5.44. The molecule has 1 amide bonds. The number of ether oxygens (including phenoxy) is 1. The fourth-order valence-electron chi connectivity index (χ4n) is 3.44. The van der Waals surface area contributed by atoms with E-state index in [0.29, 0.717) is 6.04 Å². The molecule has 0 spiro atoms. The summed E-state index contributed by atoms with van der Waals surface area (Å²) in [6, 6.07) is 2.40. The largest absolute Gasteiger partial charge is 0.379 e. The van der Waals surface area contributed by atoms with Crippen molar-refractivity contribution in [2.24, 2.45) is 0 Å². The van der Waals surface area contributed by atoms with Gasteiger partial charge in [-0.1, -0.05) is 12.8 Å². The minimum atomic E-state index is 0.243. The van der Waals surface area contributed by atoms with Gasteiger partial charge in [-0.3, -0.25) is 9.69 Å². The van der Waals surface area contributed by atoms with E-state index in [9.17, 15) is 4.79 Å². The molecule has 2 aliphatic rings. The molecule has 22 heavy (non-hydrogen) atoms. The van der Waals surface area contributed by atoms with Crippen LogP contribution >= 0.6 is 11.3 Å². The lowest BCUT2D eigenvalue weighted by Crippen LogP contribution is -2.49. The first kappa shape index (κ1) is 16.0. The van der Waals surface area contributed by atoms with Gasteiger partial charge in [-0.15, -0.1) is 11.3 Å². The third kappa shape index (κ3) is 3.70. The van der Waals surface area contributed by atoms with Crippen LogP contribution in [0.5, 0.6) is 0 Å². The molecule has 0 aliphatic carbocycles. The average Bonchev–Trinajstić information content (AvgIpc) is 2.83. The van der Waals surface area contributed by atoms with Gasteiger partial charge in [0.2, 0.25) is 0 Å². The van der Waals surface area contributed by atoms with Gasteiger partial charge < -0.3 is 9.64 Å². The molecule has 2 fully saturated rings. The van der Waals surface area contributed by atoms with Gasteiger partial charge in [-0.05, 0) is 36.8 Å². The van der Waals surface area contributed by atoms with Crippen molar-refractivity contribution in [1.82, 2.24) is 9.80 Å². The number of carbonyl (C=O) groups excluding carboxylic acids is 1. The summed E-state index contributed by atoms with van der Waals surface area (Å²) in [6.07, 6.45) is 4.75. The minimum absolute atomic E-state index is 0.243. The molecule has 3 rings (SSSR count). The molecule has 1 aromatic heterocycles. The van der Waals surface area contributed by atoms with Crippen molar-refractivity contribution in [3.8, 4) is 0 Å². The Labute approximate surface area is 137 Å². The fraction of sp³-hybridized carbons (Fsp3) is 0.706. The van der Waals surface area contributed by atoms with E-state index in [2.05, 4.69) is 9.80 Å². The molecule has 0 radical (unpaired) electrons. The highest BCUT2D eigenvalue weighted by molar-refractivity contribution is 7.12. The third-order valence-electron chi connectivity index (χ3n) is 4.77. The van der Waals surface area contributed by atoms with Crippen molar-refractivity contribution < 1.29 is 9.53 Å². The maximum atomic E-state index is 13.0. The number of morpholine rings is 1. The lowest BCUT2D eigenvalue weighted by atomic mass is 10.1. The molecule has 1 atom stereocenters. The second kappa shape index (κ2) is 7.57. The van der Waals surface area contributed by atoms with Gasteiger partial charge in [0.15, 0.2) is 0 Å². The summed E-state index contributed by atoms with van der Waals surface area (Å²) in [5, 5.41) is 2.03. The number of likely N-dealkylation sites (tertiary alicyclic amines) is 1. The Hall–Kier alpha value is -0.910. The molecule has 0 N–H and O–H groups in total. The molecule has 2 saturated heterocycles. The highest BCUT2D eigenvalue weighted by Gasteiger charge is 2.29. The number of carbonyl (C=O) groups is 1. The lowest BCUT2D eigenvalue weighted by Gasteiger charge is -2.36. The molecule has 5 heteroatoms. The first-order chi connectivity index (χ1) is 10.8. The summed E-state index contributed by atoms with van der Waals surface area (Å²) >= 11 is 1.58. The Morgan fingerprint density at radius 3 is 2.82 bits per heavy atom. The van der Waals surface area contributed by atoms with Crippen LogP contribution in [0.3, 0.4) is 0 Å². The van der Waals surface area contributed by atoms with Crippen LogP contribution in [0.2, 0.25) is 0 Å². The van der Waals surface area contributed by atoms with E-state index in [0.717, 1.165) is 62.7 Å². The van der Waals surface area contributed by atoms with E-state index < -0.39 is 0 Å². The van der Waals surface area contributed by atoms with Crippen molar-refractivity contribution in [2.75, 3.05) is 39.4 Å². The number of thiophene rings is 1. The Balaban J connectivity index is 1.72. The molecule has 4 nitrogen and oxygen atoms in total. The fourth-order valence-corrected chi connectivity index (χ4v) is 4.32. The molecular formula is C17H26N2O2S. The standard InChI is InChI=1S/C17H26N2O2S/c1-14-6-12-22-16(14)17(20)19-7-4-2-3-5-15(19)13-18-8-10-21-11-9-18/h6,12,15H,2-5,7-11,13H2,1H3. The zero-order valence-electron chi connectivity index (χ0n) is 13.4. The first-order valence-electron chi connectivity index (χ1n) is 8.41. The van der Waals surface area contributed by atoms with Crippen molar-refractivity contribution >= 4 is 17.2 Å². The van der Waals surface area contributed by atoms with E-state index in [1.807, 2.05) is 18.4 Å². The van der Waals surface area contributed by atoms with Crippen molar-refractivity contribution in [2.45, 2.75) is 38.6 Å².